The van der Waals surface area contributed by atoms with Gasteiger partial charge in [0.2, 0.25) is 5.91 Å². The average molecular weight is 277 g/mol. The number of nitrogens with zero attached hydrogens (tertiary/aromatic N) is 1. The number of hydrogen-bond acceptors (Lipinski definition) is 4. The van der Waals surface area contributed by atoms with E-state index in [2.05, 4.69) is 0 Å². The summed E-state index contributed by atoms with van der Waals surface area (Å²) in [5, 5.41) is 0. The van der Waals surface area contributed by atoms with Gasteiger partial charge in [-0.15, -0.1) is 0 Å². The minimum absolute atomic E-state index is 0.174. The van der Waals surface area contributed by atoms with Gasteiger partial charge in [-0.2, -0.15) is 0 Å². The minimum atomic E-state index is -0.656. The van der Waals surface area contributed by atoms with Crippen LogP contribution >= 0.6 is 0 Å². The molecule has 0 aromatic heterocycles. The monoisotopic (exact) mass is 277 g/mol. The first-order valence-electron chi connectivity index (χ1n) is 6.40. The van der Waals surface area contributed by atoms with Gasteiger partial charge in [0, 0.05) is 24.8 Å². The summed E-state index contributed by atoms with van der Waals surface area (Å²) in [5.74, 6) is -0.119. The number of likely N-dealkylation sites (tertiary alicyclic amines) is 1. The van der Waals surface area contributed by atoms with Crippen LogP contribution in [0.3, 0.4) is 0 Å². The molecule has 1 unspecified atom stereocenters. The summed E-state index contributed by atoms with van der Waals surface area (Å²) in [5.41, 5.74) is 11.4. The van der Waals surface area contributed by atoms with E-state index in [1.54, 1.807) is 30.0 Å². The maximum absolute atomic E-state index is 12.5. The number of rotatable bonds is 3. The Bertz CT molecular complexity index is 559. The Labute approximate surface area is 117 Å². The molecule has 0 saturated carbocycles. The summed E-state index contributed by atoms with van der Waals surface area (Å²) >= 11 is 0. The molecule has 0 bridgehead atoms. The molecule has 1 aliphatic heterocycles. The highest BCUT2D eigenvalue weighted by atomic mass is 16.5. The van der Waals surface area contributed by atoms with Crippen LogP contribution < -0.4 is 16.2 Å². The normalized spacial score (nSPS) is 21.8. The Hall–Kier alpha value is -2.24. The van der Waals surface area contributed by atoms with Gasteiger partial charge in [-0.05, 0) is 25.5 Å². The molecule has 0 radical (unpaired) electrons. The zero-order valence-corrected chi connectivity index (χ0v) is 11.7. The summed E-state index contributed by atoms with van der Waals surface area (Å²) in [6.45, 7) is 2.61. The second-order valence-corrected chi connectivity index (χ2v) is 5.36. The molecular formula is C14H19N3O3. The first-order valence-corrected chi connectivity index (χ1v) is 6.40. The first kappa shape index (κ1) is 14.2. The number of ether oxygens (including phenoxy) is 1. The summed E-state index contributed by atoms with van der Waals surface area (Å²) in [6.07, 6.45) is 0.575. The first-order chi connectivity index (χ1) is 9.37. The molecule has 1 aliphatic rings. The second kappa shape index (κ2) is 5.03. The van der Waals surface area contributed by atoms with Crippen molar-refractivity contribution in [3.63, 3.8) is 0 Å². The molecule has 6 heteroatoms. The zero-order chi connectivity index (χ0) is 14.9. The fourth-order valence-electron chi connectivity index (χ4n) is 2.39. The molecule has 2 amide bonds. The number of methoxy groups -OCH3 is 1. The molecule has 1 aromatic carbocycles. The highest BCUT2D eigenvalue weighted by Crippen LogP contribution is 2.32. The predicted octanol–water partition coefficient (Wildman–Crippen LogP) is 0.615. The van der Waals surface area contributed by atoms with Crippen LogP contribution in [-0.4, -0.2) is 36.9 Å². The Balaban J connectivity index is 2.23. The van der Waals surface area contributed by atoms with Gasteiger partial charge >= 0.3 is 0 Å². The fourth-order valence-corrected chi connectivity index (χ4v) is 2.39. The van der Waals surface area contributed by atoms with Crippen molar-refractivity contribution < 1.29 is 14.3 Å². The molecule has 1 atom stereocenters. The van der Waals surface area contributed by atoms with Crippen molar-refractivity contribution in [1.29, 1.82) is 0 Å². The van der Waals surface area contributed by atoms with Crippen molar-refractivity contribution in [3.05, 3.63) is 23.8 Å². The quantitative estimate of drug-likeness (QED) is 0.791. The van der Waals surface area contributed by atoms with Crippen LogP contribution in [0.1, 0.15) is 23.7 Å². The summed E-state index contributed by atoms with van der Waals surface area (Å²) in [4.78, 5) is 25.6. The SMILES string of the molecule is COc1cc(N)ccc1C(=O)N1CCC(C)(C(N)=O)C1. The van der Waals surface area contributed by atoms with Gasteiger partial charge in [0.05, 0.1) is 18.1 Å². The van der Waals surface area contributed by atoms with Crippen molar-refractivity contribution in [1.82, 2.24) is 4.90 Å². The number of nitrogens with two attached hydrogens (primary N) is 2. The van der Waals surface area contributed by atoms with Crippen LogP contribution in [-0.2, 0) is 4.79 Å². The highest BCUT2D eigenvalue weighted by Gasteiger charge is 2.41. The maximum atomic E-state index is 12.5. The van der Waals surface area contributed by atoms with Crippen LogP contribution in [0.4, 0.5) is 5.69 Å². The molecular weight excluding hydrogens is 258 g/mol. The molecule has 0 spiro atoms. The Kier molecular flexibility index (Phi) is 3.57. The topological polar surface area (TPSA) is 98.7 Å². The van der Waals surface area contributed by atoms with E-state index in [4.69, 9.17) is 16.2 Å². The number of carbonyl (C=O) groups is 2. The molecule has 20 heavy (non-hydrogen) atoms. The van der Waals surface area contributed by atoms with E-state index in [1.165, 1.54) is 7.11 Å². The lowest BCUT2D eigenvalue weighted by atomic mass is 9.89. The van der Waals surface area contributed by atoms with E-state index in [-0.39, 0.29) is 11.8 Å². The molecule has 1 aromatic rings. The molecule has 1 fully saturated rings. The van der Waals surface area contributed by atoms with E-state index in [0.717, 1.165) is 0 Å². The van der Waals surface area contributed by atoms with E-state index in [0.29, 0.717) is 36.5 Å². The van der Waals surface area contributed by atoms with E-state index in [1.807, 2.05) is 0 Å². The maximum Gasteiger partial charge on any atom is 0.257 e. The van der Waals surface area contributed by atoms with Gasteiger partial charge in [-0.3, -0.25) is 9.59 Å². The van der Waals surface area contributed by atoms with E-state index < -0.39 is 5.41 Å². The summed E-state index contributed by atoms with van der Waals surface area (Å²) < 4.78 is 5.19. The largest absolute Gasteiger partial charge is 0.496 e. The third kappa shape index (κ3) is 2.41. The van der Waals surface area contributed by atoms with Gasteiger partial charge < -0.3 is 21.1 Å². The van der Waals surface area contributed by atoms with Gasteiger partial charge in [0.1, 0.15) is 5.75 Å². The van der Waals surface area contributed by atoms with Gasteiger partial charge in [0.15, 0.2) is 0 Å². The number of anilines is 1. The third-order valence-electron chi connectivity index (χ3n) is 3.81. The van der Waals surface area contributed by atoms with Crippen molar-refractivity contribution >= 4 is 17.5 Å². The standard InChI is InChI=1S/C14H19N3O3/c1-14(13(16)19)5-6-17(8-14)12(18)10-4-3-9(15)7-11(10)20-2/h3-4,7H,5-6,8,15H2,1-2H3,(H2,16,19). The van der Waals surface area contributed by atoms with E-state index in [9.17, 15) is 9.59 Å². The number of benzene rings is 1. The lowest BCUT2D eigenvalue weighted by Gasteiger charge is -2.21. The van der Waals surface area contributed by atoms with Crippen molar-refractivity contribution in [2.24, 2.45) is 11.1 Å². The van der Waals surface area contributed by atoms with Crippen molar-refractivity contribution in [2.45, 2.75) is 13.3 Å². The lowest BCUT2D eigenvalue weighted by molar-refractivity contribution is -0.126. The molecule has 108 valence electrons. The highest BCUT2D eigenvalue weighted by molar-refractivity contribution is 5.98. The molecule has 1 heterocycles. The number of hydrogen-bond donors (Lipinski definition) is 2. The Morgan fingerprint density at radius 3 is 2.65 bits per heavy atom. The predicted molar refractivity (Wildman–Crippen MR) is 75.2 cm³/mol. The Morgan fingerprint density at radius 2 is 2.10 bits per heavy atom. The number of primary amides is 1. The molecule has 6 nitrogen and oxygen atoms in total. The van der Waals surface area contributed by atoms with Crippen LogP contribution in [0.5, 0.6) is 5.75 Å². The van der Waals surface area contributed by atoms with E-state index >= 15 is 0 Å². The molecule has 0 aliphatic carbocycles. The summed E-state index contributed by atoms with van der Waals surface area (Å²) in [7, 11) is 1.49. The van der Waals surface area contributed by atoms with Crippen LogP contribution in [0.2, 0.25) is 0 Å². The fraction of sp³-hybridized carbons (Fsp3) is 0.429. The van der Waals surface area contributed by atoms with Gasteiger partial charge in [-0.1, -0.05) is 0 Å². The van der Waals surface area contributed by atoms with Crippen LogP contribution in [0.15, 0.2) is 18.2 Å². The van der Waals surface area contributed by atoms with Gasteiger partial charge in [0.25, 0.3) is 5.91 Å². The number of nitrogen functional groups attached to an aromatic ring is 1. The minimum Gasteiger partial charge on any atom is -0.496 e. The lowest BCUT2D eigenvalue weighted by Crippen LogP contribution is -2.38. The molecule has 4 N–H and O–H groups in total. The van der Waals surface area contributed by atoms with Crippen molar-refractivity contribution in [3.8, 4) is 5.75 Å². The number of amides is 2. The second-order valence-electron chi connectivity index (χ2n) is 5.36. The van der Waals surface area contributed by atoms with Gasteiger partial charge in [-0.25, -0.2) is 0 Å². The average Bonchev–Trinajstić information content (AvgIpc) is 2.82. The smallest absolute Gasteiger partial charge is 0.257 e. The van der Waals surface area contributed by atoms with Crippen LogP contribution in [0.25, 0.3) is 0 Å². The number of carbonyl (C=O) groups excluding carboxylic acids is 2. The summed E-state index contributed by atoms with van der Waals surface area (Å²) in [6, 6.07) is 4.89. The zero-order valence-electron chi connectivity index (χ0n) is 11.7. The van der Waals surface area contributed by atoms with Crippen LogP contribution in [0, 0.1) is 5.41 Å². The van der Waals surface area contributed by atoms with Crippen molar-refractivity contribution in [2.75, 3.05) is 25.9 Å². The Morgan fingerprint density at radius 1 is 1.40 bits per heavy atom. The molecule has 1 saturated heterocycles. The third-order valence-corrected chi connectivity index (χ3v) is 3.81. The molecule has 2 rings (SSSR count).